The fourth-order valence-electron chi connectivity index (χ4n) is 3.00. The van der Waals surface area contributed by atoms with Gasteiger partial charge in [-0.15, -0.1) is 0 Å². The molecule has 1 saturated heterocycles. The Hall–Kier alpha value is -1.47. The average Bonchev–Trinajstić information content (AvgIpc) is 2.95. The second-order valence-corrected chi connectivity index (χ2v) is 9.17. The van der Waals surface area contributed by atoms with E-state index in [1.807, 2.05) is 16.8 Å². The zero-order valence-electron chi connectivity index (χ0n) is 13.5. The summed E-state index contributed by atoms with van der Waals surface area (Å²) in [6.45, 7) is 2.91. The first kappa shape index (κ1) is 17.4. The van der Waals surface area contributed by atoms with Gasteiger partial charge in [-0.1, -0.05) is 52.7 Å². The molecule has 2 aromatic carbocycles. The number of hydrogen-bond acceptors (Lipinski definition) is 4. The van der Waals surface area contributed by atoms with Gasteiger partial charge in [0.2, 0.25) is 0 Å². The van der Waals surface area contributed by atoms with Crippen LogP contribution in [0.3, 0.4) is 0 Å². The van der Waals surface area contributed by atoms with E-state index in [0.717, 1.165) is 6.54 Å². The quantitative estimate of drug-likeness (QED) is 0.786. The van der Waals surface area contributed by atoms with Crippen molar-refractivity contribution in [2.75, 3.05) is 6.54 Å². The molecule has 0 amide bonds. The molecule has 0 saturated carbocycles. The van der Waals surface area contributed by atoms with Gasteiger partial charge in [-0.2, -0.15) is 0 Å². The zero-order chi connectivity index (χ0) is 17.2. The van der Waals surface area contributed by atoms with Crippen LogP contribution in [0.1, 0.15) is 13.3 Å². The van der Waals surface area contributed by atoms with Gasteiger partial charge in [0.25, 0.3) is 0 Å². The Kier molecular flexibility index (Phi) is 5.20. The predicted molar refractivity (Wildman–Crippen MR) is 99.8 cm³/mol. The van der Waals surface area contributed by atoms with E-state index in [1.54, 1.807) is 48.5 Å². The van der Waals surface area contributed by atoms with Crippen molar-refractivity contribution >= 4 is 33.3 Å². The van der Waals surface area contributed by atoms with Crippen LogP contribution in [0.2, 0.25) is 0 Å². The maximum atomic E-state index is 13.7. The molecule has 0 bridgehead atoms. The van der Waals surface area contributed by atoms with Crippen molar-refractivity contribution in [1.82, 2.24) is 4.67 Å². The van der Waals surface area contributed by atoms with Crippen LogP contribution in [0.15, 0.2) is 60.7 Å². The fraction of sp³-hybridized carbons (Fsp3) is 0.278. The third kappa shape index (κ3) is 3.47. The van der Waals surface area contributed by atoms with Crippen molar-refractivity contribution < 1.29 is 13.9 Å². The molecule has 0 spiro atoms. The maximum Gasteiger partial charge on any atom is 0.329 e. The largest absolute Gasteiger partial charge is 0.404 e. The summed E-state index contributed by atoms with van der Waals surface area (Å²) in [5.41, 5.74) is 0. The highest BCUT2D eigenvalue weighted by molar-refractivity contribution is 7.74. The van der Waals surface area contributed by atoms with E-state index < -0.39 is 13.3 Å². The van der Waals surface area contributed by atoms with Crippen LogP contribution in [0.4, 0.5) is 0 Å². The Balaban J connectivity index is 1.95. The summed E-state index contributed by atoms with van der Waals surface area (Å²) in [6, 6.07) is 17.5. The van der Waals surface area contributed by atoms with E-state index in [9.17, 15) is 9.36 Å². The van der Waals surface area contributed by atoms with Gasteiger partial charge in [-0.05, 0) is 36.6 Å². The molecule has 3 atom stereocenters. The summed E-state index contributed by atoms with van der Waals surface area (Å²) in [5.74, 6) is -0.0155. The van der Waals surface area contributed by atoms with E-state index in [-0.39, 0.29) is 6.04 Å². The molecule has 1 aliphatic rings. The molecular formula is C18H21NO3P2. The van der Waals surface area contributed by atoms with Crippen LogP contribution in [-0.2, 0) is 13.9 Å². The molecule has 0 radical (unpaired) electrons. The molecule has 1 fully saturated rings. The van der Waals surface area contributed by atoms with Crippen LogP contribution in [0.5, 0.6) is 0 Å². The molecule has 1 aliphatic heterocycles. The Morgan fingerprint density at radius 3 is 2.00 bits per heavy atom. The molecule has 6 heteroatoms. The minimum Gasteiger partial charge on any atom is -0.404 e. The minimum atomic E-state index is -3.46. The van der Waals surface area contributed by atoms with Gasteiger partial charge in [-0.3, -0.25) is 14.0 Å². The summed E-state index contributed by atoms with van der Waals surface area (Å²) in [7, 11) is -0.889. The van der Waals surface area contributed by atoms with Gasteiger partial charge in [0.1, 0.15) is 6.04 Å². The van der Waals surface area contributed by atoms with Gasteiger partial charge in [0.15, 0.2) is 0 Å². The summed E-state index contributed by atoms with van der Waals surface area (Å²) in [5, 5.41) is 1.07. The van der Waals surface area contributed by atoms with Crippen LogP contribution >= 0.6 is 16.8 Å². The molecule has 126 valence electrons. The first-order valence-electron chi connectivity index (χ1n) is 7.97. The monoisotopic (exact) mass is 361 g/mol. The molecule has 3 rings (SSSR count). The molecule has 2 aromatic rings. The van der Waals surface area contributed by atoms with Crippen molar-refractivity contribution in [3.63, 3.8) is 0 Å². The maximum absolute atomic E-state index is 13.7. The molecule has 0 aromatic heterocycles. The number of carbonyl (C=O) groups excluding carboxylic acids is 1. The minimum absolute atomic E-state index is 0.370. The van der Waals surface area contributed by atoms with Crippen molar-refractivity contribution in [1.29, 1.82) is 0 Å². The van der Waals surface area contributed by atoms with Crippen molar-refractivity contribution in [2.45, 2.75) is 19.4 Å². The van der Waals surface area contributed by atoms with Gasteiger partial charge in [0, 0.05) is 6.54 Å². The van der Waals surface area contributed by atoms with Gasteiger partial charge < -0.3 is 4.52 Å². The molecular weight excluding hydrogens is 340 g/mol. The van der Waals surface area contributed by atoms with E-state index in [4.69, 9.17) is 4.52 Å². The smallest absolute Gasteiger partial charge is 0.329 e. The van der Waals surface area contributed by atoms with Crippen LogP contribution in [0, 0.1) is 5.92 Å². The second kappa shape index (κ2) is 7.19. The third-order valence-corrected chi connectivity index (χ3v) is 7.19. The lowest BCUT2D eigenvalue weighted by atomic mass is 10.1. The molecule has 1 unspecified atom stereocenters. The van der Waals surface area contributed by atoms with E-state index in [0.29, 0.717) is 22.9 Å². The van der Waals surface area contributed by atoms with E-state index >= 15 is 0 Å². The highest BCUT2D eigenvalue weighted by Gasteiger charge is 2.39. The molecule has 24 heavy (non-hydrogen) atoms. The van der Waals surface area contributed by atoms with E-state index in [2.05, 4.69) is 16.3 Å². The number of carbonyl (C=O) groups is 1. The Labute approximate surface area is 144 Å². The lowest BCUT2D eigenvalue weighted by molar-refractivity contribution is -0.137. The predicted octanol–water partition coefficient (Wildman–Crippen LogP) is 2.96. The number of hydrogen-bond donors (Lipinski definition) is 0. The first-order valence-corrected chi connectivity index (χ1v) is 10.1. The van der Waals surface area contributed by atoms with Crippen molar-refractivity contribution in [3.05, 3.63) is 60.7 Å². The molecule has 4 nitrogen and oxygen atoms in total. The molecule has 0 aliphatic carbocycles. The Morgan fingerprint density at radius 1 is 1.08 bits per heavy atom. The highest BCUT2D eigenvalue weighted by atomic mass is 31.2. The van der Waals surface area contributed by atoms with Gasteiger partial charge in [-0.25, -0.2) is 0 Å². The average molecular weight is 361 g/mol. The van der Waals surface area contributed by atoms with Gasteiger partial charge >= 0.3 is 13.3 Å². The second-order valence-electron chi connectivity index (χ2n) is 6.19. The van der Waals surface area contributed by atoms with E-state index in [1.165, 1.54) is 0 Å². The lowest BCUT2D eigenvalue weighted by Crippen LogP contribution is -2.32. The third-order valence-electron chi connectivity index (χ3n) is 4.23. The SMILES string of the molecule is C[C@@H]1C[C@@H](C(=O)OP(=O)(c2ccccc2)c2ccccc2)N(P)C1. The van der Waals surface area contributed by atoms with Crippen LogP contribution < -0.4 is 10.6 Å². The number of benzene rings is 2. The Morgan fingerprint density at radius 2 is 1.58 bits per heavy atom. The molecule has 0 N–H and O–H groups in total. The summed E-state index contributed by atoms with van der Waals surface area (Å²) < 4.78 is 21.3. The zero-order valence-corrected chi connectivity index (χ0v) is 15.6. The topological polar surface area (TPSA) is 46.6 Å². The van der Waals surface area contributed by atoms with Crippen LogP contribution in [-0.4, -0.2) is 23.2 Å². The van der Waals surface area contributed by atoms with Crippen molar-refractivity contribution in [2.24, 2.45) is 5.92 Å². The first-order chi connectivity index (χ1) is 11.5. The molecule has 1 heterocycles. The lowest BCUT2D eigenvalue weighted by Gasteiger charge is -2.23. The van der Waals surface area contributed by atoms with Crippen LogP contribution in [0.25, 0.3) is 0 Å². The summed E-state index contributed by atoms with van der Waals surface area (Å²) in [6.07, 6.45) is 0.714. The van der Waals surface area contributed by atoms with Gasteiger partial charge in [0.05, 0.1) is 10.6 Å². The van der Waals surface area contributed by atoms with Crippen molar-refractivity contribution in [3.8, 4) is 0 Å². The number of nitrogens with zero attached hydrogens (tertiary/aromatic N) is 1. The Bertz CT molecular complexity index is 708. The fourth-order valence-corrected chi connectivity index (χ4v) is 5.62. The number of rotatable bonds is 4. The summed E-state index contributed by atoms with van der Waals surface area (Å²) >= 11 is 0. The highest BCUT2D eigenvalue weighted by Crippen LogP contribution is 2.46. The normalized spacial score (nSPS) is 21.6. The summed E-state index contributed by atoms with van der Waals surface area (Å²) in [4.78, 5) is 12.7. The standard InChI is InChI=1S/C18H21NO3P2/c1-14-12-17(19(23)13-14)18(20)22-24(21,15-8-4-2-5-9-15)16-10-6-3-7-11-16/h2-11,14,17H,12-13,23H2,1H3/t14-,17+/m1/s1.